The van der Waals surface area contributed by atoms with Gasteiger partial charge in [-0.15, -0.1) is 24.0 Å². The molecular formula is C19H32IN3O. The molecular weight excluding hydrogens is 413 g/mol. The molecule has 1 aliphatic carbocycles. The average Bonchev–Trinajstić information content (AvgIpc) is 2.59. The lowest BCUT2D eigenvalue weighted by molar-refractivity contribution is 0.264. The monoisotopic (exact) mass is 445 g/mol. The molecule has 0 saturated heterocycles. The maximum atomic E-state index is 9.63. The molecule has 0 spiro atoms. The molecule has 0 heterocycles. The van der Waals surface area contributed by atoms with Crippen LogP contribution in [-0.4, -0.2) is 37.8 Å². The van der Waals surface area contributed by atoms with E-state index in [2.05, 4.69) is 34.7 Å². The zero-order chi connectivity index (χ0) is 16.5. The van der Waals surface area contributed by atoms with Crippen molar-refractivity contribution in [2.24, 2.45) is 16.8 Å². The Balaban J connectivity index is 0.00000288. The fourth-order valence-corrected chi connectivity index (χ4v) is 3.44. The molecule has 3 unspecified atom stereocenters. The number of aliphatic hydroxyl groups is 1. The number of rotatable bonds is 6. The average molecular weight is 445 g/mol. The minimum Gasteiger partial charge on any atom is -0.396 e. The first kappa shape index (κ1) is 21.2. The van der Waals surface area contributed by atoms with Crippen LogP contribution in [0.15, 0.2) is 35.3 Å². The largest absolute Gasteiger partial charge is 0.396 e. The Hall–Kier alpha value is -0.820. The van der Waals surface area contributed by atoms with E-state index >= 15 is 0 Å². The second kappa shape index (κ2) is 11.7. The van der Waals surface area contributed by atoms with Crippen molar-refractivity contribution in [1.29, 1.82) is 0 Å². The molecule has 1 aromatic rings. The summed E-state index contributed by atoms with van der Waals surface area (Å²) in [5.41, 5.74) is 1.15. The summed E-state index contributed by atoms with van der Waals surface area (Å²) in [5.74, 6) is 2.52. The highest BCUT2D eigenvalue weighted by Gasteiger charge is 2.19. The van der Waals surface area contributed by atoms with E-state index in [0.29, 0.717) is 6.54 Å². The predicted octanol–water partition coefficient (Wildman–Crippen LogP) is 3.37. The molecule has 3 atom stereocenters. The second-order valence-corrected chi connectivity index (χ2v) is 6.76. The quantitative estimate of drug-likeness (QED) is 0.358. The third-order valence-corrected chi connectivity index (χ3v) is 4.83. The lowest BCUT2D eigenvalue weighted by Gasteiger charge is -2.27. The van der Waals surface area contributed by atoms with Gasteiger partial charge in [-0.3, -0.25) is 4.99 Å². The predicted molar refractivity (Wildman–Crippen MR) is 112 cm³/mol. The highest BCUT2D eigenvalue weighted by Crippen LogP contribution is 2.27. The van der Waals surface area contributed by atoms with Crippen LogP contribution >= 0.6 is 24.0 Å². The van der Waals surface area contributed by atoms with Crippen molar-refractivity contribution in [3.8, 4) is 0 Å². The molecule has 0 radical (unpaired) electrons. The van der Waals surface area contributed by atoms with E-state index in [9.17, 15) is 5.11 Å². The summed E-state index contributed by atoms with van der Waals surface area (Å²) in [4.78, 5) is 4.30. The molecule has 1 fully saturated rings. The molecule has 0 aliphatic heterocycles. The lowest BCUT2D eigenvalue weighted by Crippen LogP contribution is -2.42. The van der Waals surface area contributed by atoms with Crippen LogP contribution in [0.2, 0.25) is 0 Å². The van der Waals surface area contributed by atoms with Crippen molar-refractivity contribution in [1.82, 2.24) is 10.6 Å². The highest BCUT2D eigenvalue weighted by molar-refractivity contribution is 14.0. The molecule has 0 amide bonds. The molecule has 5 heteroatoms. The number of nitrogens with zero attached hydrogens (tertiary/aromatic N) is 1. The van der Waals surface area contributed by atoms with Gasteiger partial charge in [0, 0.05) is 26.1 Å². The number of benzene rings is 1. The Bertz CT molecular complexity index is 481. The number of nitrogens with one attached hydrogen (secondary N) is 2. The van der Waals surface area contributed by atoms with Gasteiger partial charge in [-0.1, -0.05) is 50.1 Å². The van der Waals surface area contributed by atoms with Crippen molar-refractivity contribution in [3.63, 3.8) is 0 Å². The molecule has 3 N–H and O–H groups in total. The summed E-state index contributed by atoms with van der Waals surface area (Å²) in [6.07, 6.45) is 5.35. The van der Waals surface area contributed by atoms with E-state index in [1.54, 1.807) is 7.05 Å². The summed E-state index contributed by atoms with van der Waals surface area (Å²) in [6, 6.07) is 10.1. The first-order valence-electron chi connectivity index (χ1n) is 8.83. The molecule has 4 nitrogen and oxygen atoms in total. The smallest absolute Gasteiger partial charge is 0.191 e. The number of guanidine groups is 1. The van der Waals surface area contributed by atoms with Crippen LogP contribution in [-0.2, 0) is 0 Å². The fourth-order valence-electron chi connectivity index (χ4n) is 3.44. The van der Waals surface area contributed by atoms with Gasteiger partial charge in [0.05, 0.1) is 6.61 Å². The van der Waals surface area contributed by atoms with Crippen molar-refractivity contribution >= 4 is 29.9 Å². The van der Waals surface area contributed by atoms with Gasteiger partial charge in [-0.25, -0.2) is 0 Å². The second-order valence-electron chi connectivity index (χ2n) is 6.76. The topological polar surface area (TPSA) is 56.7 Å². The van der Waals surface area contributed by atoms with Crippen molar-refractivity contribution in [2.45, 2.75) is 38.5 Å². The molecule has 0 bridgehead atoms. The first-order valence-corrected chi connectivity index (χ1v) is 8.83. The minimum absolute atomic E-state index is 0. The summed E-state index contributed by atoms with van der Waals surface area (Å²) in [6.45, 7) is 4.15. The van der Waals surface area contributed by atoms with E-state index in [1.165, 1.54) is 25.7 Å². The van der Waals surface area contributed by atoms with Crippen LogP contribution in [0.1, 0.15) is 44.1 Å². The highest BCUT2D eigenvalue weighted by atomic mass is 127. The summed E-state index contributed by atoms with van der Waals surface area (Å²) in [5, 5.41) is 16.4. The molecule has 1 aliphatic rings. The van der Waals surface area contributed by atoms with E-state index in [1.807, 2.05) is 18.2 Å². The molecule has 0 aromatic heterocycles. The van der Waals surface area contributed by atoms with Crippen LogP contribution in [0, 0.1) is 11.8 Å². The first-order chi connectivity index (χ1) is 11.2. The zero-order valence-electron chi connectivity index (χ0n) is 14.9. The van der Waals surface area contributed by atoms with Crippen LogP contribution in [0.25, 0.3) is 0 Å². The Morgan fingerprint density at radius 1 is 1.25 bits per heavy atom. The summed E-state index contributed by atoms with van der Waals surface area (Å²) in [7, 11) is 1.80. The molecule has 136 valence electrons. The normalized spacial score (nSPS) is 22.4. The molecule has 1 aromatic carbocycles. The van der Waals surface area contributed by atoms with Gasteiger partial charge in [0.1, 0.15) is 0 Å². The van der Waals surface area contributed by atoms with Crippen LogP contribution in [0.3, 0.4) is 0 Å². The molecule has 2 rings (SSSR count). The number of aliphatic imine (C=N–C) groups is 1. The number of hydrogen-bond donors (Lipinski definition) is 3. The number of aliphatic hydroxyl groups excluding tert-OH is 1. The van der Waals surface area contributed by atoms with Gasteiger partial charge in [-0.2, -0.15) is 0 Å². The maximum Gasteiger partial charge on any atom is 0.191 e. The van der Waals surface area contributed by atoms with E-state index in [-0.39, 0.29) is 36.5 Å². The Kier molecular flexibility index (Phi) is 10.3. The van der Waals surface area contributed by atoms with Crippen LogP contribution in [0.5, 0.6) is 0 Å². The Morgan fingerprint density at radius 3 is 2.62 bits per heavy atom. The molecule has 24 heavy (non-hydrogen) atoms. The summed E-state index contributed by atoms with van der Waals surface area (Å²) >= 11 is 0. The minimum atomic E-state index is 0. The third kappa shape index (κ3) is 6.97. The zero-order valence-corrected chi connectivity index (χ0v) is 17.2. The van der Waals surface area contributed by atoms with Crippen molar-refractivity contribution in [2.75, 3.05) is 26.7 Å². The number of halogens is 1. The van der Waals surface area contributed by atoms with Crippen molar-refractivity contribution < 1.29 is 5.11 Å². The van der Waals surface area contributed by atoms with Gasteiger partial charge >= 0.3 is 0 Å². The van der Waals surface area contributed by atoms with Gasteiger partial charge in [0.2, 0.25) is 0 Å². The maximum absolute atomic E-state index is 9.63. The van der Waals surface area contributed by atoms with Crippen LogP contribution in [0.4, 0.5) is 0 Å². The molecule has 1 saturated carbocycles. The van der Waals surface area contributed by atoms with Crippen molar-refractivity contribution in [3.05, 3.63) is 35.9 Å². The summed E-state index contributed by atoms with van der Waals surface area (Å²) < 4.78 is 0. The fraction of sp³-hybridized carbons (Fsp3) is 0.632. The number of hydrogen-bond acceptors (Lipinski definition) is 2. The van der Waals surface area contributed by atoms with E-state index < -0.39 is 0 Å². The van der Waals surface area contributed by atoms with Crippen LogP contribution < -0.4 is 10.6 Å². The SMILES string of the molecule is CN=C(NCC1CCCC(C)C1)NCC(CO)c1ccccc1.I. The van der Waals surface area contributed by atoms with Gasteiger partial charge in [-0.05, 0) is 30.2 Å². The Morgan fingerprint density at radius 2 is 2.00 bits per heavy atom. The Labute approximate surface area is 163 Å². The van der Waals surface area contributed by atoms with E-state index in [4.69, 9.17) is 0 Å². The standard InChI is InChI=1S/C19H31N3O.HI/c1-15-7-6-8-16(11-15)12-21-19(20-2)22-13-18(14-23)17-9-4-3-5-10-17;/h3-5,9-10,15-16,18,23H,6-8,11-14H2,1-2H3,(H2,20,21,22);1H. The van der Waals surface area contributed by atoms with Gasteiger partial charge in [0.15, 0.2) is 5.96 Å². The van der Waals surface area contributed by atoms with Gasteiger partial charge in [0.25, 0.3) is 0 Å². The lowest BCUT2D eigenvalue weighted by atomic mass is 9.82. The van der Waals surface area contributed by atoms with E-state index in [0.717, 1.165) is 29.9 Å². The third-order valence-electron chi connectivity index (χ3n) is 4.83. The van der Waals surface area contributed by atoms with Gasteiger partial charge < -0.3 is 15.7 Å².